The van der Waals surface area contributed by atoms with Gasteiger partial charge < -0.3 is 4.90 Å². The second-order valence-electron chi connectivity index (χ2n) is 3.13. The Kier molecular flexibility index (Phi) is 3.40. The number of aromatic nitrogens is 1. The Morgan fingerprint density at radius 3 is 2.36 bits per heavy atom. The van der Waals surface area contributed by atoms with Crippen LogP contribution in [0.5, 0.6) is 0 Å². The highest BCUT2D eigenvalue weighted by molar-refractivity contribution is 6.08. The van der Waals surface area contributed by atoms with Crippen LogP contribution in [-0.4, -0.2) is 29.8 Å². The molecule has 0 aliphatic heterocycles. The molecule has 3 heteroatoms. The number of likely N-dealkylation sites (N-methyl/N-ethyl adjacent to an activating group) is 1. The van der Waals surface area contributed by atoms with E-state index in [4.69, 9.17) is 0 Å². The minimum Gasteiger partial charge on any atom is -0.375 e. The molecule has 1 heterocycles. The predicted octanol–water partition coefficient (Wildman–Crippen LogP) is 1.73. The van der Waals surface area contributed by atoms with Gasteiger partial charge in [-0.1, -0.05) is 6.08 Å². The summed E-state index contributed by atoms with van der Waals surface area (Å²) >= 11 is 0. The first-order valence-electron chi connectivity index (χ1n) is 4.45. The molecule has 0 atom stereocenters. The first kappa shape index (κ1) is 10.4. The summed E-state index contributed by atoms with van der Waals surface area (Å²) in [5.74, 6) is 0.0277. The maximum Gasteiger partial charge on any atom is 0.208 e. The molecule has 0 fully saturated rings. The molecule has 0 aromatic carbocycles. The van der Waals surface area contributed by atoms with Gasteiger partial charge in [-0.3, -0.25) is 9.78 Å². The summed E-state index contributed by atoms with van der Waals surface area (Å²) in [5, 5.41) is 0. The molecule has 0 saturated carbocycles. The van der Waals surface area contributed by atoms with Crippen molar-refractivity contribution < 1.29 is 4.79 Å². The largest absolute Gasteiger partial charge is 0.375 e. The first-order chi connectivity index (χ1) is 6.66. The standard InChI is InChI=1S/C11H14N2O/c1-4-10(13(2)3)11(14)9-5-7-12-8-6-9/h4-8H,1-3H3/b10-4-. The van der Waals surface area contributed by atoms with Crippen molar-refractivity contribution in [2.75, 3.05) is 14.1 Å². The number of carbonyl (C=O) groups excluding carboxylic acids is 1. The molecule has 0 aliphatic carbocycles. The topological polar surface area (TPSA) is 33.2 Å². The number of hydrogen-bond acceptors (Lipinski definition) is 3. The Balaban J connectivity index is 2.96. The average Bonchev–Trinajstić information content (AvgIpc) is 2.19. The van der Waals surface area contributed by atoms with Crippen LogP contribution in [-0.2, 0) is 0 Å². The second kappa shape index (κ2) is 4.56. The Labute approximate surface area is 84.1 Å². The normalized spacial score (nSPS) is 11.2. The van der Waals surface area contributed by atoms with Crippen LogP contribution in [0.25, 0.3) is 0 Å². The smallest absolute Gasteiger partial charge is 0.208 e. The van der Waals surface area contributed by atoms with Gasteiger partial charge in [0, 0.05) is 32.1 Å². The van der Waals surface area contributed by atoms with Gasteiger partial charge >= 0.3 is 0 Å². The number of allylic oxidation sites excluding steroid dienone is 2. The van der Waals surface area contributed by atoms with Crippen molar-refractivity contribution in [1.82, 2.24) is 9.88 Å². The third-order valence-corrected chi connectivity index (χ3v) is 1.93. The van der Waals surface area contributed by atoms with Gasteiger partial charge in [-0.15, -0.1) is 0 Å². The summed E-state index contributed by atoms with van der Waals surface area (Å²) in [6.07, 6.45) is 5.05. The lowest BCUT2D eigenvalue weighted by atomic mass is 10.1. The summed E-state index contributed by atoms with van der Waals surface area (Å²) in [6, 6.07) is 3.44. The molecule has 0 spiro atoms. The number of rotatable bonds is 3. The zero-order chi connectivity index (χ0) is 10.6. The van der Waals surface area contributed by atoms with Crippen molar-refractivity contribution in [3.05, 3.63) is 41.9 Å². The van der Waals surface area contributed by atoms with Crippen LogP contribution >= 0.6 is 0 Å². The average molecular weight is 190 g/mol. The Morgan fingerprint density at radius 2 is 1.93 bits per heavy atom. The predicted molar refractivity (Wildman–Crippen MR) is 56.0 cm³/mol. The van der Waals surface area contributed by atoms with Crippen molar-refractivity contribution in [2.24, 2.45) is 0 Å². The van der Waals surface area contributed by atoms with Crippen LogP contribution in [0.4, 0.5) is 0 Å². The van der Waals surface area contributed by atoms with Gasteiger partial charge in [-0.25, -0.2) is 0 Å². The van der Waals surface area contributed by atoms with Crippen LogP contribution in [0, 0.1) is 0 Å². The maximum absolute atomic E-state index is 11.9. The summed E-state index contributed by atoms with van der Waals surface area (Å²) in [6.45, 7) is 1.86. The number of ketones is 1. The lowest BCUT2D eigenvalue weighted by molar-refractivity contribution is 0.100. The molecule has 0 bridgehead atoms. The van der Waals surface area contributed by atoms with E-state index in [0.29, 0.717) is 11.3 Å². The molecule has 1 aromatic heterocycles. The summed E-state index contributed by atoms with van der Waals surface area (Å²) in [7, 11) is 3.71. The molecule has 0 amide bonds. The zero-order valence-electron chi connectivity index (χ0n) is 8.69. The number of Topliss-reactive ketones (excluding diaryl/α,β-unsaturated/α-hetero) is 1. The molecule has 0 unspecified atom stereocenters. The van der Waals surface area contributed by atoms with E-state index >= 15 is 0 Å². The maximum atomic E-state index is 11.9. The van der Waals surface area contributed by atoms with Crippen molar-refractivity contribution in [2.45, 2.75) is 6.92 Å². The summed E-state index contributed by atoms with van der Waals surface area (Å²) in [4.78, 5) is 17.6. The van der Waals surface area contributed by atoms with E-state index < -0.39 is 0 Å². The molecule has 14 heavy (non-hydrogen) atoms. The van der Waals surface area contributed by atoms with E-state index in [1.54, 1.807) is 24.5 Å². The van der Waals surface area contributed by atoms with Crippen LogP contribution in [0.1, 0.15) is 17.3 Å². The van der Waals surface area contributed by atoms with Gasteiger partial charge in [0.05, 0.1) is 5.70 Å². The number of nitrogens with zero attached hydrogens (tertiary/aromatic N) is 2. The molecular formula is C11H14N2O. The van der Waals surface area contributed by atoms with Crippen LogP contribution in [0.2, 0.25) is 0 Å². The van der Waals surface area contributed by atoms with Crippen molar-refractivity contribution in [3.63, 3.8) is 0 Å². The van der Waals surface area contributed by atoms with Gasteiger partial charge in [0.1, 0.15) is 0 Å². The fourth-order valence-corrected chi connectivity index (χ4v) is 1.24. The molecule has 0 aliphatic rings. The van der Waals surface area contributed by atoms with Crippen molar-refractivity contribution >= 4 is 5.78 Å². The molecule has 1 rings (SSSR count). The molecule has 1 aromatic rings. The molecule has 74 valence electrons. The number of carbonyl (C=O) groups is 1. The fraction of sp³-hybridized carbons (Fsp3) is 0.273. The van der Waals surface area contributed by atoms with E-state index in [2.05, 4.69) is 4.98 Å². The van der Waals surface area contributed by atoms with Crippen molar-refractivity contribution in [3.8, 4) is 0 Å². The van der Waals surface area contributed by atoms with Gasteiger partial charge in [-0.05, 0) is 19.1 Å². The molecule has 0 radical (unpaired) electrons. The number of hydrogen-bond donors (Lipinski definition) is 0. The monoisotopic (exact) mass is 190 g/mol. The molecule has 0 N–H and O–H groups in total. The third kappa shape index (κ3) is 2.19. The highest BCUT2D eigenvalue weighted by Gasteiger charge is 2.12. The molecule has 3 nitrogen and oxygen atoms in total. The fourth-order valence-electron chi connectivity index (χ4n) is 1.24. The van der Waals surface area contributed by atoms with Gasteiger partial charge in [0.25, 0.3) is 0 Å². The molecule has 0 saturated heterocycles. The highest BCUT2D eigenvalue weighted by atomic mass is 16.1. The Bertz CT molecular complexity index is 342. The van der Waals surface area contributed by atoms with E-state index in [0.717, 1.165) is 0 Å². The van der Waals surface area contributed by atoms with E-state index in [1.807, 2.05) is 32.0 Å². The Hall–Kier alpha value is -1.64. The van der Waals surface area contributed by atoms with Crippen LogP contribution in [0.3, 0.4) is 0 Å². The zero-order valence-corrected chi connectivity index (χ0v) is 8.69. The highest BCUT2D eigenvalue weighted by Crippen LogP contribution is 2.08. The summed E-state index contributed by atoms with van der Waals surface area (Å²) < 4.78 is 0. The SMILES string of the molecule is C/C=C(/C(=O)c1ccncc1)N(C)C. The van der Waals surface area contributed by atoms with E-state index in [9.17, 15) is 4.79 Å². The minimum atomic E-state index is 0.0277. The first-order valence-corrected chi connectivity index (χ1v) is 4.45. The Morgan fingerprint density at radius 1 is 1.36 bits per heavy atom. The quantitative estimate of drug-likeness (QED) is 0.537. The van der Waals surface area contributed by atoms with Crippen LogP contribution < -0.4 is 0 Å². The van der Waals surface area contributed by atoms with Gasteiger partial charge in [-0.2, -0.15) is 0 Å². The minimum absolute atomic E-state index is 0.0277. The van der Waals surface area contributed by atoms with Crippen molar-refractivity contribution in [1.29, 1.82) is 0 Å². The van der Waals surface area contributed by atoms with Crippen LogP contribution in [0.15, 0.2) is 36.3 Å². The van der Waals surface area contributed by atoms with Gasteiger partial charge in [0.2, 0.25) is 5.78 Å². The second-order valence-corrected chi connectivity index (χ2v) is 3.13. The molecular weight excluding hydrogens is 176 g/mol. The summed E-state index contributed by atoms with van der Waals surface area (Å²) in [5.41, 5.74) is 1.36. The van der Waals surface area contributed by atoms with Gasteiger partial charge in [0.15, 0.2) is 0 Å². The lowest BCUT2D eigenvalue weighted by Gasteiger charge is -2.15. The number of pyridine rings is 1. The third-order valence-electron chi connectivity index (χ3n) is 1.93. The van der Waals surface area contributed by atoms with E-state index in [-0.39, 0.29) is 5.78 Å². The van der Waals surface area contributed by atoms with E-state index in [1.165, 1.54) is 0 Å². The lowest BCUT2D eigenvalue weighted by Crippen LogP contribution is -2.19.